The quantitative estimate of drug-likeness (QED) is 0.810. The van der Waals surface area contributed by atoms with Crippen LogP contribution < -0.4 is 5.32 Å². The maximum Gasteiger partial charge on any atom is 0.206 e. The van der Waals surface area contributed by atoms with Crippen LogP contribution in [0, 0.1) is 5.92 Å². The fourth-order valence-electron chi connectivity index (χ4n) is 3.18. The van der Waals surface area contributed by atoms with E-state index >= 15 is 0 Å². The molecule has 4 heteroatoms. The van der Waals surface area contributed by atoms with E-state index in [0.29, 0.717) is 5.92 Å². The molecule has 3 heterocycles. The first-order chi connectivity index (χ1) is 8.88. The lowest BCUT2D eigenvalue weighted by Gasteiger charge is -2.31. The van der Waals surface area contributed by atoms with Crippen LogP contribution in [0.3, 0.4) is 0 Å². The van der Waals surface area contributed by atoms with E-state index in [0.717, 1.165) is 26.1 Å². The maximum atomic E-state index is 5.56. The van der Waals surface area contributed by atoms with E-state index in [1.807, 2.05) is 0 Å². The van der Waals surface area contributed by atoms with Gasteiger partial charge in [-0.1, -0.05) is 18.2 Å². The van der Waals surface area contributed by atoms with Gasteiger partial charge in [-0.25, -0.2) is 0 Å². The Bertz CT molecular complexity index is 364. The van der Waals surface area contributed by atoms with Gasteiger partial charge in [-0.2, -0.15) is 0 Å². The second-order valence-corrected chi connectivity index (χ2v) is 5.45. The first-order valence-electron chi connectivity index (χ1n) is 7.28. The zero-order valence-electron chi connectivity index (χ0n) is 11.2. The van der Waals surface area contributed by atoms with Gasteiger partial charge >= 0.3 is 0 Å². The maximum absolute atomic E-state index is 5.56. The zero-order valence-corrected chi connectivity index (χ0v) is 11.2. The van der Waals surface area contributed by atoms with Gasteiger partial charge in [0, 0.05) is 18.0 Å². The van der Waals surface area contributed by atoms with Crippen molar-refractivity contribution in [2.75, 3.05) is 26.2 Å². The normalized spacial score (nSPS) is 33.2. The predicted octanol–water partition coefficient (Wildman–Crippen LogP) is 1.74. The average Bonchev–Trinajstić information content (AvgIpc) is 2.68. The van der Waals surface area contributed by atoms with E-state index in [9.17, 15) is 0 Å². The molecule has 0 aromatic rings. The van der Waals surface area contributed by atoms with Crippen molar-refractivity contribution in [3.05, 3.63) is 11.6 Å². The second kappa shape index (κ2) is 5.41. The first-order valence-corrected chi connectivity index (χ1v) is 7.28. The molecule has 0 amide bonds. The summed E-state index contributed by atoms with van der Waals surface area (Å²) in [6.45, 7) is 6.79. The molecule has 2 atom stereocenters. The van der Waals surface area contributed by atoms with E-state index < -0.39 is 0 Å². The van der Waals surface area contributed by atoms with Crippen molar-refractivity contribution < 1.29 is 4.84 Å². The molecule has 0 unspecified atom stereocenters. The fraction of sp³-hybridized carbons (Fsp3) is 0.786. The summed E-state index contributed by atoms with van der Waals surface area (Å²) >= 11 is 0. The van der Waals surface area contributed by atoms with Crippen LogP contribution in [0.5, 0.6) is 0 Å². The number of likely N-dealkylation sites (tertiary alicyclic amines) is 1. The minimum absolute atomic E-state index is 0.0273. The molecular formula is C14H23N3O. The van der Waals surface area contributed by atoms with Crippen molar-refractivity contribution in [2.24, 2.45) is 11.1 Å². The van der Waals surface area contributed by atoms with Crippen molar-refractivity contribution in [3.8, 4) is 0 Å². The monoisotopic (exact) mass is 249 g/mol. The standard InChI is InChI=1S/C14H23N3O/c1-2-17-9-5-6-11(10-17)13-12-7-3-4-8-15-14(12)18-16-13/h7,11,14-15H,2-6,8-10H2,1H3/t11-,14+/m1/s1. The van der Waals surface area contributed by atoms with Crippen LogP contribution in [0.1, 0.15) is 32.6 Å². The van der Waals surface area contributed by atoms with Gasteiger partial charge in [0.1, 0.15) is 0 Å². The molecule has 0 aromatic heterocycles. The minimum Gasteiger partial charge on any atom is -0.371 e. The van der Waals surface area contributed by atoms with Crippen molar-refractivity contribution in [1.29, 1.82) is 0 Å². The summed E-state index contributed by atoms with van der Waals surface area (Å²) in [5, 5.41) is 7.79. The highest BCUT2D eigenvalue weighted by Crippen LogP contribution is 2.28. The van der Waals surface area contributed by atoms with Crippen LogP contribution in [0.15, 0.2) is 16.8 Å². The van der Waals surface area contributed by atoms with E-state index in [1.165, 1.54) is 37.1 Å². The topological polar surface area (TPSA) is 36.9 Å². The molecule has 18 heavy (non-hydrogen) atoms. The molecule has 1 fully saturated rings. The van der Waals surface area contributed by atoms with E-state index in [1.54, 1.807) is 0 Å². The summed E-state index contributed by atoms with van der Waals surface area (Å²) in [5.41, 5.74) is 2.53. The molecule has 3 aliphatic rings. The average molecular weight is 249 g/mol. The Morgan fingerprint density at radius 1 is 1.50 bits per heavy atom. The van der Waals surface area contributed by atoms with Crippen LogP contribution >= 0.6 is 0 Å². The zero-order chi connectivity index (χ0) is 12.4. The third kappa shape index (κ3) is 2.31. The predicted molar refractivity (Wildman–Crippen MR) is 72.5 cm³/mol. The van der Waals surface area contributed by atoms with Gasteiger partial charge in [0.25, 0.3) is 0 Å². The summed E-state index contributed by atoms with van der Waals surface area (Å²) in [4.78, 5) is 8.08. The van der Waals surface area contributed by atoms with Crippen LogP contribution in [0.25, 0.3) is 0 Å². The van der Waals surface area contributed by atoms with Gasteiger partial charge in [0.05, 0.1) is 5.71 Å². The molecule has 0 aromatic carbocycles. The van der Waals surface area contributed by atoms with E-state index in [-0.39, 0.29) is 6.23 Å². The van der Waals surface area contributed by atoms with Gasteiger partial charge in [-0.05, 0) is 45.3 Å². The van der Waals surface area contributed by atoms with Gasteiger partial charge in [-0.3, -0.25) is 5.32 Å². The largest absolute Gasteiger partial charge is 0.371 e. The number of nitrogens with zero attached hydrogens (tertiary/aromatic N) is 2. The smallest absolute Gasteiger partial charge is 0.206 e. The number of piperidine rings is 1. The Kier molecular flexibility index (Phi) is 3.66. The second-order valence-electron chi connectivity index (χ2n) is 5.45. The fourth-order valence-corrected chi connectivity index (χ4v) is 3.18. The highest BCUT2D eigenvalue weighted by atomic mass is 16.7. The van der Waals surface area contributed by atoms with Crippen molar-refractivity contribution in [2.45, 2.75) is 38.8 Å². The highest BCUT2D eigenvalue weighted by molar-refractivity contribution is 6.03. The van der Waals surface area contributed by atoms with Crippen LogP contribution in [-0.4, -0.2) is 43.0 Å². The number of allylic oxidation sites excluding steroid dienone is 1. The summed E-state index contributed by atoms with van der Waals surface area (Å²) in [6.07, 6.45) is 7.24. The molecule has 1 saturated heterocycles. The molecule has 3 aliphatic heterocycles. The SMILES string of the molecule is CCN1CCC[C@@H](C2=NO[C@@H]3NCCCC=C23)C1. The summed E-state index contributed by atoms with van der Waals surface area (Å²) in [6, 6.07) is 0. The lowest BCUT2D eigenvalue weighted by Crippen LogP contribution is -2.40. The Labute approximate surface area is 109 Å². The minimum atomic E-state index is 0.0273. The van der Waals surface area contributed by atoms with Gasteiger partial charge in [-0.15, -0.1) is 0 Å². The van der Waals surface area contributed by atoms with Gasteiger partial charge < -0.3 is 9.74 Å². The Morgan fingerprint density at radius 3 is 3.33 bits per heavy atom. The molecule has 100 valence electrons. The van der Waals surface area contributed by atoms with Crippen LogP contribution in [-0.2, 0) is 4.84 Å². The lowest BCUT2D eigenvalue weighted by molar-refractivity contribution is 0.0804. The Morgan fingerprint density at radius 2 is 2.44 bits per heavy atom. The third-order valence-electron chi connectivity index (χ3n) is 4.25. The Hall–Kier alpha value is -0.870. The number of nitrogens with one attached hydrogen (secondary N) is 1. The summed E-state index contributed by atoms with van der Waals surface area (Å²) < 4.78 is 0. The molecule has 0 saturated carbocycles. The molecule has 3 rings (SSSR count). The Balaban J connectivity index is 1.73. The number of oxime groups is 1. The van der Waals surface area contributed by atoms with Crippen molar-refractivity contribution in [3.63, 3.8) is 0 Å². The van der Waals surface area contributed by atoms with Crippen molar-refractivity contribution in [1.82, 2.24) is 10.2 Å². The first kappa shape index (κ1) is 12.2. The van der Waals surface area contributed by atoms with Gasteiger partial charge in [0.2, 0.25) is 6.23 Å². The molecule has 1 N–H and O–H groups in total. The van der Waals surface area contributed by atoms with E-state index in [2.05, 4.69) is 28.4 Å². The number of rotatable bonds is 2. The highest BCUT2D eigenvalue weighted by Gasteiger charge is 2.34. The molecule has 0 aliphatic carbocycles. The molecule has 4 nitrogen and oxygen atoms in total. The number of hydrogen-bond acceptors (Lipinski definition) is 4. The molecule has 0 radical (unpaired) electrons. The van der Waals surface area contributed by atoms with Crippen LogP contribution in [0.2, 0.25) is 0 Å². The third-order valence-corrected chi connectivity index (χ3v) is 4.25. The van der Waals surface area contributed by atoms with Crippen molar-refractivity contribution >= 4 is 5.71 Å². The number of fused-ring (bicyclic) bond motifs is 1. The van der Waals surface area contributed by atoms with E-state index in [4.69, 9.17) is 4.84 Å². The van der Waals surface area contributed by atoms with Gasteiger partial charge in [0.15, 0.2) is 0 Å². The lowest BCUT2D eigenvalue weighted by atomic mass is 9.88. The number of hydrogen-bond donors (Lipinski definition) is 1. The van der Waals surface area contributed by atoms with Crippen LogP contribution in [0.4, 0.5) is 0 Å². The molecule has 0 spiro atoms. The summed E-state index contributed by atoms with van der Waals surface area (Å²) in [7, 11) is 0. The molecule has 0 bridgehead atoms. The molecular weight excluding hydrogens is 226 g/mol. The summed E-state index contributed by atoms with van der Waals surface area (Å²) in [5.74, 6) is 0.565.